The normalized spacial score (nSPS) is 15.3. The molecule has 1 atom stereocenters. The molecule has 0 aliphatic carbocycles. The van der Waals surface area contributed by atoms with Crippen molar-refractivity contribution < 1.29 is 28.7 Å². The molecule has 1 heterocycles. The van der Waals surface area contributed by atoms with E-state index in [1.807, 2.05) is 32.0 Å². The molecule has 1 aliphatic heterocycles. The Labute approximate surface area is 192 Å². The molecule has 1 saturated heterocycles. The summed E-state index contributed by atoms with van der Waals surface area (Å²) in [5.74, 6) is -2.34. The van der Waals surface area contributed by atoms with E-state index >= 15 is 0 Å². The van der Waals surface area contributed by atoms with E-state index in [1.54, 1.807) is 30.3 Å². The average molecular weight is 453 g/mol. The number of aryl methyl sites for hydroxylation is 1. The molecule has 174 valence electrons. The van der Waals surface area contributed by atoms with Crippen molar-refractivity contribution in [3.05, 3.63) is 59.7 Å². The highest BCUT2D eigenvalue weighted by Crippen LogP contribution is 2.26. The minimum Gasteiger partial charge on any atom is -0.462 e. The molecule has 0 spiro atoms. The number of benzene rings is 2. The lowest BCUT2D eigenvalue weighted by Crippen LogP contribution is -2.28. The first kappa shape index (κ1) is 24.0. The van der Waals surface area contributed by atoms with Crippen LogP contribution in [0.4, 0.5) is 11.4 Å². The number of rotatable bonds is 9. The summed E-state index contributed by atoms with van der Waals surface area (Å²) in [5, 5.41) is 2.67. The molecule has 1 N–H and O–H groups in total. The van der Waals surface area contributed by atoms with Gasteiger partial charge in [0, 0.05) is 24.3 Å². The number of hydrogen-bond donors (Lipinski definition) is 1. The third-order valence-corrected chi connectivity index (χ3v) is 5.25. The smallest absolute Gasteiger partial charge is 0.338 e. The summed E-state index contributed by atoms with van der Waals surface area (Å²) in [5.41, 5.74) is 2.60. The summed E-state index contributed by atoms with van der Waals surface area (Å²) in [7, 11) is 0. The average Bonchev–Trinajstić information content (AvgIpc) is 3.19. The van der Waals surface area contributed by atoms with Crippen LogP contribution < -0.4 is 10.2 Å². The first-order valence-electron chi connectivity index (χ1n) is 11.0. The van der Waals surface area contributed by atoms with Crippen LogP contribution in [0.2, 0.25) is 0 Å². The number of nitrogens with one attached hydrogen (secondary N) is 1. The van der Waals surface area contributed by atoms with E-state index in [0.717, 1.165) is 18.4 Å². The Balaban J connectivity index is 1.50. The predicted octanol–water partition coefficient (Wildman–Crippen LogP) is 3.49. The van der Waals surface area contributed by atoms with Crippen LogP contribution in [0.5, 0.6) is 0 Å². The number of carbonyl (C=O) groups excluding carboxylic acids is 4. The van der Waals surface area contributed by atoms with E-state index in [1.165, 1.54) is 4.90 Å². The van der Waals surface area contributed by atoms with Gasteiger partial charge in [-0.25, -0.2) is 4.79 Å². The highest BCUT2D eigenvalue weighted by molar-refractivity contribution is 6.00. The summed E-state index contributed by atoms with van der Waals surface area (Å²) in [4.78, 5) is 50.4. The minimum atomic E-state index is -0.664. The molecule has 0 radical (unpaired) electrons. The number of ether oxygens (including phenoxy) is 2. The number of esters is 2. The number of unbranched alkanes of at least 4 members (excludes halogenated alkanes) is 1. The number of nitrogens with zero attached hydrogens (tertiary/aromatic N) is 1. The van der Waals surface area contributed by atoms with Crippen molar-refractivity contribution in [2.45, 2.75) is 33.1 Å². The van der Waals surface area contributed by atoms with Crippen molar-refractivity contribution >= 4 is 35.1 Å². The van der Waals surface area contributed by atoms with Gasteiger partial charge in [0.2, 0.25) is 5.91 Å². The molecule has 1 aliphatic rings. The summed E-state index contributed by atoms with van der Waals surface area (Å²) >= 11 is 0. The Morgan fingerprint density at radius 2 is 1.85 bits per heavy atom. The molecule has 2 aromatic rings. The SMILES string of the molecule is CCCCOC(=O)c1ccc(N2C[C@@H](C(=O)OCC(=O)Nc3cccc(C)c3)CC2=O)cc1. The van der Waals surface area contributed by atoms with Crippen molar-refractivity contribution in [1.82, 2.24) is 0 Å². The largest absolute Gasteiger partial charge is 0.462 e. The molecule has 0 saturated carbocycles. The molecule has 33 heavy (non-hydrogen) atoms. The lowest BCUT2D eigenvalue weighted by molar-refractivity contribution is -0.151. The van der Waals surface area contributed by atoms with Gasteiger partial charge < -0.3 is 19.7 Å². The molecule has 3 rings (SSSR count). The highest BCUT2D eigenvalue weighted by atomic mass is 16.5. The van der Waals surface area contributed by atoms with Gasteiger partial charge in [-0.2, -0.15) is 0 Å². The molecule has 2 amide bonds. The summed E-state index contributed by atoms with van der Waals surface area (Å²) < 4.78 is 10.3. The standard InChI is InChI=1S/C25H28N2O6/c1-3-4-12-32-24(30)18-8-10-21(11-9-18)27-15-19(14-23(27)29)25(31)33-16-22(28)26-20-7-5-6-17(2)13-20/h5-11,13,19H,3-4,12,14-16H2,1-2H3,(H,26,28)/t19-/m0/s1. The van der Waals surface area contributed by atoms with Crippen molar-refractivity contribution in [3.8, 4) is 0 Å². The second-order valence-corrected chi connectivity index (χ2v) is 7.97. The predicted molar refractivity (Wildman–Crippen MR) is 123 cm³/mol. The van der Waals surface area contributed by atoms with Crippen LogP contribution in [0, 0.1) is 12.8 Å². The maximum atomic E-state index is 12.4. The fourth-order valence-electron chi connectivity index (χ4n) is 3.46. The van der Waals surface area contributed by atoms with Crippen LogP contribution in [0.25, 0.3) is 0 Å². The molecule has 0 aromatic heterocycles. The second-order valence-electron chi connectivity index (χ2n) is 7.97. The van der Waals surface area contributed by atoms with Crippen molar-refractivity contribution in [2.75, 3.05) is 30.0 Å². The van der Waals surface area contributed by atoms with Gasteiger partial charge in [-0.05, 0) is 55.3 Å². The minimum absolute atomic E-state index is 0.000850. The van der Waals surface area contributed by atoms with E-state index in [4.69, 9.17) is 9.47 Å². The second kappa shape index (κ2) is 11.3. The quantitative estimate of drug-likeness (QED) is 0.462. The molecule has 8 nitrogen and oxygen atoms in total. The Morgan fingerprint density at radius 1 is 1.09 bits per heavy atom. The van der Waals surface area contributed by atoms with Gasteiger partial charge in [0.05, 0.1) is 18.1 Å². The molecular formula is C25H28N2O6. The molecule has 2 aromatic carbocycles. The molecule has 1 fully saturated rings. The first-order valence-corrected chi connectivity index (χ1v) is 11.0. The maximum absolute atomic E-state index is 12.4. The van der Waals surface area contributed by atoms with Crippen LogP contribution in [0.15, 0.2) is 48.5 Å². The van der Waals surface area contributed by atoms with E-state index in [9.17, 15) is 19.2 Å². The van der Waals surface area contributed by atoms with Crippen LogP contribution in [-0.2, 0) is 23.9 Å². The number of carbonyl (C=O) groups is 4. The van der Waals surface area contributed by atoms with Crippen molar-refractivity contribution in [3.63, 3.8) is 0 Å². The Hall–Kier alpha value is -3.68. The summed E-state index contributed by atoms with van der Waals surface area (Å²) in [6.07, 6.45) is 1.74. The third-order valence-electron chi connectivity index (χ3n) is 5.25. The van der Waals surface area contributed by atoms with Crippen LogP contribution in [-0.4, -0.2) is 43.5 Å². The monoisotopic (exact) mass is 452 g/mol. The van der Waals surface area contributed by atoms with Crippen molar-refractivity contribution in [2.24, 2.45) is 5.92 Å². The lowest BCUT2D eigenvalue weighted by atomic mass is 10.1. The third kappa shape index (κ3) is 6.65. The molecule has 0 unspecified atom stereocenters. The van der Waals surface area contributed by atoms with Crippen molar-refractivity contribution in [1.29, 1.82) is 0 Å². The number of hydrogen-bond acceptors (Lipinski definition) is 6. The van der Waals surface area contributed by atoms with Crippen LogP contribution >= 0.6 is 0 Å². The molecule has 0 bridgehead atoms. The van der Waals surface area contributed by atoms with Crippen LogP contribution in [0.1, 0.15) is 42.1 Å². The van der Waals surface area contributed by atoms with Gasteiger partial charge in [-0.15, -0.1) is 0 Å². The lowest BCUT2D eigenvalue weighted by Gasteiger charge is -2.17. The fraction of sp³-hybridized carbons (Fsp3) is 0.360. The highest BCUT2D eigenvalue weighted by Gasteiger charge is 2.36. The van der Waals surface area contributed by atoms with E-state index in [2.05, 4.69) is 5.32 Å². The number of amides is 2. The van der Waals surface area contributed by atoms with Gasteiger partial charge in [0.15, 0.2) is 6.61 Å². The van der Waals surface area contributed by atoms with E-state index < -0.39 is 30.4 Å². The molecule has 8 heteroatoms. The summed E-state index contributed by atoms with van der Waals surface area (Å²) in [6, 6.07) is 13.8. The summed E-state index contributed by atoms with van der Waals surface area (Å²) in [6.45, 7) is 4.02. The van der Waals surface area contributed by atoms with E-state index in [0.29, 0.717) is 23.5 Å². The van der Waals surface area contributed by atoms with Gasteiger partial charge in [0.25, 0.3) is 5.91 Å². The number of anilines is 2. The zero-order valence-electron chi connectivity index (χ0n) is 18.8. The zero-order chi connectivity index (χ0) is 23.8. The van der Waals surface area contributed by atoms with Gasteiger partial charge in [-0.3, -0.25) is 14.4 Å². The van der Waals surface area contributed by atoms with Crippen LogP contribution in [0.3, 0.4) is 0 Å². The van der Waals surface area contributed by atoms with Gasteiger partial charge in [-0.1, -0.05) is 25.5 Å². The Morgan fingerprint density at radius 3 is 2.55 bits per heavy atom. The molecular weight excluding hydrogens is 424 g/mol. The van der Waals surface area contributed by atoms with Gasteiger partial charge >= 0.3 is 11.9 Å². The van der Waals surface area contributed by atoms with Gasteiger partial charge in [0.1, 0.15) is 0 Å². The fourth-order valence-corrected chi connectivity index (χ4v) is 3.46. The maximum Gasteiger partial charge on any atom is 0.338 e. The Kier molecular flexibility index (Phi) is 8.18. The Bertz CT molecular complexity index is 1020. The first-order chi connectivity index (χ1) is 15.9. The topological polar surface area (TPSA) is 102 Å². The van der Waals surface area contributed by atoms with E-state index in [-0.39, 0.29) is 18.9 Å². The zero-order valence-corrected chi connectivity index (χ0v) is 18.8.